The summed E-state index contributed by atoms with van der Waals surface area (Å²) in [6.07, 6.45) is 1.33. The number of allylic oxidation sites excluding steroid dienone is 1. The highest BCUT2D eigenvalue weighted by atomic mass is 35.5. The molecule has 2 aromatic rings. The normalized spacial score (nSPS) is 29.4. The Balaban J connectivity index is 1.37. The number of likely N-dealkylation sites (N-methyl/N-ethyl adjacent to an activating group) is 1. The molecule has 2 aromatic carbocycles. The smallest absolute Gasteiger partial charge is 0.263 e. The van der Waals surface area contributed by atoms with Gasteiger partial charge in [-0.3, -0.25) is 14.0 Å². The predicted molar refractivity (Wildman–Crippen MR) is 185 cm³/mol. The zero-order chi connectivity index (χ0) is 33.1. The molecule has 0 radical (unpaired) electrons. The fraction of sp³-hybridized carbons (Fsp3) is 0.514. The number of likely N-dealkylation sites (tertiary alicyclic amines) is 2. The first-order valence-corrected chi connectivity index (χ1v) is 17.6. The van der Waals surface area contributed by atoms with Crippen molar-refractivity contribution in [2.45, 2.75) is 70.2 Å². The van der Waals surface area contributed by atoms with Gasteiger partial charge in [0.2, 0.25) is 5.91 Å². The summed E-state index contributed by atoms with van der Waals surface area (Å²) >= 11 is 14.0. The molecule has 4 aliphatic heterocycles. The molecular weight excluding hydrogens is 644 g/mol. The third kappa shape index (κ3) is 5.65. The topological polar surface area (TPSA) is 59.5 Å². The van der Waals surface area contributed by atoms with Gasteiger partial charge in [-0.25, -0.2) is 4.99 Å². The molecule has 46 heavy (non-hydrogen) atoms. The average molecular weight is 687 g/mol. The molecule has 0 spiro atoms. The van der Waals surface area contributed by atoms with Gasteiger partial charge in [-0.1, -0.05) is 61.3 Å². The van der Waals surface area contributed by atoms with Crippen LogP contribution in [0, 0.1) is 11.8 Å². The second-order valence-electron chi connectivity index (χ2n) is 13.7. The minimum atomic E-state index is -0.666. The van der Waals surface area contributed by atoms with E-state index in [-0.39, 0.29) is 41.8 Å². The molecule has 0 N–H and O–H groups in total. The van der Waals surface area contributed by atoms with E-state index in [1.54, 1.807) is 9.80 Å². The fourth-order valence-electron chi connectivity index (χ4n) is 7.73. The monoisotopic (exact) mass is 685 g/mol. The van der Waals surface area contributed by atoms with Crippen molar-refractivity contribution in [2.24, 2.45) is 16.8 Å². The summed E-state index contributed by atoms with van der Waals surface area (Å²) in [4.78, 5) is 42.4. The fourth-order valence-corrected chi connectivity index (χ4v) is 9.34. The summed E-state index contributed by atoms with van der Waals surface area (Å²) in [6, 6.07) is 14.7. The van der Waals surface area contributed by atoms with E-state index in [2.05, 4.69) is 25.7 Å². The van der Waals surface area contributed by atoms with Crippen molar-refractivity contribution in [3.05, 3.63) is 80.3 Å². The van der Waals surface area contributed by atoms with Crippen LogP contribution in [0.5, 0.6) is 0 Å². The Kier molecular flexibility index (Phi) is 9.26. The summed E-state index contributed by atoms with van der Waals surface area (Å²) in [6.45, 7) is 8.71. The van der Waals surface area contributed by atoms with Crippen molar-refractivity contribution in [1.29, 1.82) is 0 Å². The van der Waals surface area contributed by atoms with Crippen LogP contribution in [-0.2, 0) is 15.1 Å². The van der Waals surface area contributed by atoms with Gasteiger partial charge in [-0.05, 0) is 93.9 Å². The molecule has 7 nitrogen and oxygen atoms in total. The number of hydrogen-bond acceptors (Lipinski definition) is 6. The van der Waals surface area contributed by atoms with E-state index in [0.717, 1.165) is 28.4 Å². The number of amidine groups is 1. The predicted octanol–water partition coefficient (Wildman–Crippen LogP) is 6.97. The quantitative estimate of drug-likeness (QED) is 0.315. The standard InChI is InChI=1S/C35H42Cl2FN5O2S/c1-20(2)29-30(33(45)42-21(3)7-16-27(42)32(44)41-18-23(17-38)28(19-41)40(5)6)46-34-39-35(4,24-10-14-26(37)15-11-24)31(43(29)34)22-8-12-25(36)13-9-22/h8-15,20-21,23,27-28,31H,7,16-19H2,1-6H3/t21-,23-,27-,28+,31-,35+/m1/s1. The molecule has 0 saturated carbocycles. The SMILES string of the molecule is CC(C)C1=C(C(=O)N2[C@H](C)CC[C@@H]2C(=O)N2C[C@@H](CF)[C@@H](N(C)C)C2)SC2=N[C@@](C)(c3ccc(Cl)cc3)[C@@H](c3ccc(Cl)cc3)N21. The number of carbonyl (C=O) groups is 2. The third-order valence-corrected chi connectivity index (χ3v) is 11.7. The molecule has 2 fully saturated rings. The van der Waals surface area contributed by atoms with Gasteiger partial charge in [0, 0.05) is 46.8 Å². The maximum Gasteiger partial charge on any atom is 0.263 e. The first kappa shape index (κ1) is 33.3. The summed E-state index contributed by atoms with van der Waals surface area (Å²) in [5.74, 6) is -0.448. The largest absolute Gasteiger partial charge is 0.339 e. The Morgan fingerprint density at radius 2 is 1.67 bits per heavy atom. The van der Waals surface area contributed by atoms with Gasteiger partial charge in [0.05, 0.1) is 12.7 Å². The van der Waals surface area contributed by atoms with Crippen LogP contribution in [0.4, 0.5) is 4.39 Å². The molecule has 11 heteroatoms. The number of aliphatic imine (C=N–C) groups is 1. The summed E-state index contributed by atoms with van der Waals surface area (Å²) in [5.41, 5.74) is 2.29. The molecule has 4 aliphatic rings. The summed E-state index contributed by atoms with van der Waals surface area (Å²) in [5, 5.41) is 2.06. The number of hydrogen-bond donors (Lipinski definition) is 0. The van der Waals surface area contributed by atoms with Crippen LogP contribution in [0.3, 0.4) is 0 Å². The highest BCUT2D eigenvalue weighted by Gasteiger charge is 2.54. The number of alkyl halides is 1. The van der Waals surface area contributed by atoms with Crippen molar-refractivity contribution in [2.75, 3.05) is 33.9 Å². The number of halogens is 3. The lowest BCUT2D eigenvalue weighted by Gasteiger charge is -2.37. The highest BCUT2D eigenvalue weighted by Crippen LogP contribution is 2.56. The molecule has 2 saturated heterocycles. The van der Waals surface area contributed by atoms with Crippen LogP contribution in [0.15, 0.2) is 64.1 Å². The average Bonchev–Trinajstić information content (AvgIpc) is 3.78. The van der Waals surface area contributed by atoms with Gasteiger partial charge >= 0.3 is 0 Å². The zero-order valence-electron chi connectivity index (χ0n) is 27.2. The van der Waals surface area contributed by atoms with E-state index in [1.807, 2.05) is 74.4 Å². The number of nitrogens with zero attached hydrogens (tertiary/aromatic N) is 5. The number of carbonyl (C=O) groups excluding carboxylic acids is 2. The zero-order valence-corrected chi connectivity index (χ0v) is 29.5. The van der Waals surface area contributed by atoms with E-state index in [1.165, 1.54) is 11.8 Å². The maximum atomic E-state index is 14.7. The Labute approximate surface area is 285 Å². The van der Waals surface area contributed by atoms with Gasteiger partial charge in [-0.15, -0.1) is 0 Å². The molecule has 0 bridgehead atoms. The number of benzene rings is 2. The van der Waals surface area contributed by atoms with Gasteiger partial charge in [0.25, 0.3) is 5.91 Å². The minimum absolute atomic E-state index is 0.00155. The van der Waals surface area contributed by atoms with Crippen molar-refractivity contribution in [3.8, 4) is 0 Å². The van der Waals surface area contributed by atoms with Crippen LogP contribution >= 0.6 is 35.0 Å². The maximum absolute atomic E-state index is 14.7. The van der Waals surface area contributed by atoms with Crippen LogP contribution in [0.25, 0.3) is 0 Å². The molecule has 0 aliphatic carbocycles. The lowest BCUT2D eigenvalue weighted by molar-refractivity contribution is -0.142. The molecule has 0 aromatic heterocycles. The Hall–Kier alpha value is -2.59. The Bertz CT molecular complexity index is 1570. The second kappa shape index (κ2) is 12.8. The summed E-state index contributed by atoms with van der Waals surface area (Å²) in [7, 11) is 3.85. The van der Waals surface area contributed by atoms with Crippen LogP contribution in [-0.4, -0.2) is 88.6 Å². The second-order valence-corrected chi connectivity index (χ2v) is 15.5. The van der Waals surface area contributed by atoms with E-state index >= 15 is 0 Å². The van der Waals surface area contributed by atoms with Gasteiger partial charge < -0.3 is 19.6 Å². The molecule has 0 unspecified atom stereocenters. The number of amides is 2. The van der Waals surface area contributed by atoms with E-state index in [9.17, 15) is 14.0 Å². The number of fused-ring (bicyclic) bond motifs is 1. The number of rotatable bonds is 7. The highest BCUT2D eigenvalue weighted by molar-refractivity contribution is 8.18. The van der Waals surface area contributed by atoms with Crippen molar-refractivity contribution >= 4 is 51.9 Å². The number of thioether (sulfide) groups is 1. The lowest BCUT2D eigenvalue weighted by atomic mass is 9.81. The molecule has 4 heterocycles. The van der Waals surface area contributed by atoms with Gasteiger partial charge in [-0.2, -0.15) is 0 Å². The van der Waals surface area contributed by atoms with E-state index in [4.69, 9.17) is 28.2 Å². The first-order valence-electron chi connectivity index (χ1n) is 16.0. The van der Waals surface area contributed by atoms with Crippen LogP contribution in [0.2, 0.25) is 10.0 Å². The molecule has 246 valence electrons. The first-order chi connectivity index (χ1) is 21.8. The summed E-state index contributed by atoms with van der Waals surface area (Å²) < 4.78 is 13.9. The van der Waals surface area contributed by atoms with E-state index < -0.39 is 18.3 Å². The van der Waals surface area contributed by atoms with Crippen molar-refractivity contribution in [1.82, 2.24) is 19.6 Å². The van der Waals surface area contributed by atoms with Crippen LogP contribution < -0.4 is 0 Å². The molecule has 6 rings (SSSR count). The molecule has 6 atom stereocenters. The van der Waals surface area contributed by atoms with Crippen LogP contribution in [0.1, 0.15) is 57.7 Å². The molecule has 2 amide bonds. The molecular formula is C35H42Cl2FN5O2S. The van der Waals surface area contributed by atoms with Gasteiger partial charge in [0.15, 0.2) is 5.17 Å². The minimum Gasteiger partial charge on any atom is -0.339 e. The third-order valence-electron chi connectivity index (χ3n) is 10.1. The lowest BCUT2D eigenvalue weighted by Crippen LogP contribution is -2.50. The van der Waals surface area contributed by atoms with Crippen molar-refractivity contribution in [3.63, 3.8) is 0 Å². The van der Waals surface area contributed by atoms with Crippen molar-refractivity contribution < 1.29 is 14.0 Å². The van der Waals surface area contributed by atoms with E-state index in [0.29, 0.717) is 34.5 Å². The van der Waals surface area contributed by atoms with Gasteiger partial charge in [0.1, 0.15) is 16.5 Å². The Morgan fingerprint density at radius 1 is 1.04 bits per heavy atom. The Morgan fingerprint density at radius 3 is 2.24 bits per heavy atom.